The summed E-state index contributed by atoms with van der Waals surface area (Å²) in [6, 6.07) is 6.47. The Morgan fingerprint density at radius 3 is 2.81 bits per heavy atom. The number of imidazole rings is 1. The first kappa shape index (κ1) is 17.2. The lowest BCUT2D eigenvalue weighted by Crippen LogP contribution is -2.45. The summed E-state index contributed by atoms with van der Waals surface area (Å²) >= 11 is 0. The number of halogens is 1. The van der Waals surface area contributed by atoms with Crippen LogP contribution >= 0.6 is 0 Å². The van der Waals surface area contributed by atoms with Gasteiger partial charge in [0.25, 0.3) is 0 Å². The first-order chi connectivity index (χ1) is 12.5. The van der Waals surface area contributed by atoms with Gasteiger partial charge in [0.1, 0.15) is 23.8 Å². The van der Waals surface area contributed by atoms with Gasteiger partial charge < -0.3 is 14.2 Å². The first-order valence-corrected chi connectivity index (χ1v) is 9.18. The molecule has 2 aliphatic rings. The summed E-state index contributed by atoms with van der Waals surface area (Å²) < 4.78 is 21.6. The van der Waals surface area contributed by atoms with Crippen molar-refractivity contribution in [1.82, 2.24) is 14.5 Å². The molecule has 1 fully saturated rings. The Bertz CT molecular complexity index is 815. The van der Waals surface area contributed by atoms with E-state index in [1.807, 2.05) is 11.1 Å². The average Bonchev–Trinajstić information content (AvgIpc) is 3.20. The van der Waals surface area contributed by atoms with Gasteiger partial charge in [-0.1, -0.05) is 13.8 Å². The number of amides is 1. The molecule has 1 saturated heterocycles. The number of hydrogen-bond donors (Lipinski definition) is 0. The van der Waals surface area contributed by atoms with E-state index >= 15 is 0 Å². The van der Waals surface area contributed by atoms with E-state index in [0.717, 1.165) is 30.0 Å². The van der Waals surface area contributed by atoms with Gasteiger partial charge in [0, 0.05) is 13.0 Å². The molecule has 1 spiro atoms. The van der Waals surface area contributed by atoms with E-state index < -0.39 is 0 Å². The van der Waals surface area contributed by atoms with E-state index in [4.69, 9.17) is 4.74 Å². The van der Waals surface area contributed by atoms with Crippen LogP contribution in [-0.2, 0) is 22.7 Å². The minimum Gasteiger partial charge on any atom is -0.363 e. The lowest BCUT2D eigenvalue weighted by atomic mass is 10.0. The van der Waals surface area contributed by atoms with E-state index in [9.17, 15) is 9.18 Å². The third-order valence-electron chi connectivity index (χ3n) is 5.28. The van der Waals surface area contributed by atoms with Crippen LogP contribution in [0.1, 0.15) is 32.5 Å². The molecule has 0 unspecified atom stereocenters. The zero-order chi connectivity index (χ0) is 18.3. The summed E-state index contributed by atoms with van der Waals surface area (Å²) in [4.78, 5) is 18.8. The Labute approximate surface area is 152 Å². The fourth-order valence-electron chi connectivity index (χ4n) is 3.89. The Balaban J connectivity index is 1.55. The second-order valence-corrected chi connectivity index (χ2v) is 7.79. The third kappa shape index (κ3) is 3.14. The van der Waals surface area contributed by atoms with Gasteiger partial charge in [-0.15, -0.1) is 0 Å². The molecule has 0 bridgehead atoms. The van der Waals surface area contributed by atoms with Crippen LogP contribution in [0.4, 0.5) is 4.39 Å². The van der Waals surface area contributed by atoms with Crippen molar-refractivity contribution in [2.75, 3.05) is 13.1 Å². The highest BCUT2D eigenvalue weighted by atomic mass is 19.1. The standard InChI is InChI=1S/C20H24FN3O2/c1-14(2)9-19(25)23-8-7-20(12-23)13-24-17(10-22-18(24)11-26-20)15-3-5-16(21)6-4-15/h3-6,10,14H,7-9,11-13H2,1-2H3/t20-/m0/s1. The Hall–Kier alpha value is -2.21. The molecule has 3 heterocycles. The molecule has 0 N–H and O–H groups in total. The molecule has 1 atom stereocenters. The molecular formula is C20H24FN3O2. The fraction of sp³-hybridized carbons (Fsp3) is 0.500. The summed E-state index contributed by atoms with van der Waals surface area (Å²) in [5.74, 6) is 1.19. The van der Waals surface area contributed by atoms with Crippen molar-refractivity contribution in [2.24, 2.45) is 5.92 Å². The first-order valence-electron chi connectivity index (χ1n) is 9.18. The van der Waals surface area contributed by atoms with Crippen LogP contribution in [0.25, 0.3) is 11.3 Å². The number of nitrogens with zero attached hydrogens (tertiary/aromatic N) is 3. The van der Waals surface area contributed by atoms with Crippen molar-refractivity contribution in [3.8, 4) is 11.3 Å². The van der Waals surface area contributed by atoms with Crippen LogP contribution in [-0.4, -0.2) is 39.0 Å². The zero-order valence-corrected chi connectivity index (χ0v) is 15.2. The molecule has 0 radical (unpaired) electrons. The number of rotatable bonds is 3. The van der Waals surface area contributed by atoms with Crippen LogP contribution in [0.5, 0.6) is 0 Å². The monoisotopic (exact) mass is 357 g/mol. The zero-order valence-electron chi connectivity index (χ0n) is 15.2. The molecule has 1 amide bonds. The van der Waals surface area contributed by atoms with Crippen molar-refractivity contribution in [3.05, 3.63) is 42.1 Å². The molecule has 6 heteroatoms. The number of likely N-dealkylation sites (tertiary alicyclic amines) is 1. The maximum Gasteiger partial charge on any atom is 0.222 e. The van der Waals surface area contributed by atoms with Gasteiger partial charge in [0.2, 0.25) is 5.91 Å². The van der Waals surface area contributed by atoms with E-state index in [0.29, 0.717) is 32.0 Å². The molecule has 0 aliphatic carbocycles. The Morgan fingerprint density at radius 1 is 1.31 bits per heavy atom. The summed E-state index contributed by atoms with van der Waals surface area (Å²) in [7, 11) is 0. The van der Waals surface area contributed by atoms with Crippen LogP contribution in [0, 0.1) is 11.7 Å². The number of aromatic nitrogens is 2. The molecule has 26 heavy (non-hydrogen) atoms. The van der Waals surface area contributed by atoms with E-state index in [1.54, 1.807) is 12.1 Å². The maximum atomic E-state index is 13.2. The van der Waals surface area contributed by atoms with Crippen LogP contribution < -0.4 is 0 Å². The van der Waals surface area contributed by atoms with Crippen LogP contribution in [0.2, 0.25) is 0 Å². The number of hydrogen-bond acceptors (Lipinski definition) is 3. The number of fused-ring (bicyclic) bond motifs is 1. The van der Waals surface area contributed by atoms with Crippen molar-refractivity contribution in [2.45, 2.75) is 45.4 Å². The lowest BCUT2D eigenvalue weighted by Gasteiger charge is -2.35. The van der Waals surface area contributed by atoms with Gasteiger partial charge in [0.05, 0.1) is 25.0 Å². The van der Waals surface area contributed by atoms with Gasteiger partial charge in [-0.2, -0.15) is 0 Å². The second kappa shape index (κ2) is 6.50. The normalized spacial score (nSPS) is 22.2. The van der Waals surface area contributed by atoms with Crippen LogP contribution in [0.15, 0.2) is 30.5 Å². The number of carbonyl (C=O) groups excluding carboxylic acids is 1. The number of benzene rings is 1. The summed E-state index contributed by atoms with van der Waals surface area (Å²) in [6.07, 6.45) is 3.23. The van der Waals surface area contributed by atoms with E-state index in [1.165, 1.54) is 12.1 Å². The smallest absolute Gasteiger partial charge is 0.222 e. The maximum absolute atomic E-state index is 13.2. The van der Waals surface area contributed by atoms with Crippen molar-refractivity contribution in [3.63, 3.8) is 0 Å². The van der Waals surface area contributed by atoms with Gasteiger partial charge in [0.15, 0.2) is 0 Å². The van der Waals surface area contributed by atoms with Gasteiger partial charge in [-0.3, -0.25) is 4.79 Å². The van der Waals surface area contributed by atoms with Gasteiger partial charge in [-0.05, 0) is 42.2 Å². The molecule has 5 nitrogen and oxygen atoms in total. The lowest BCUT2D eigenvalue weighted by molar-refractivity contribution is -0.134. The minimum absolute atomic E-state index is 0.204. The minimum atomic E-state index is -0.352. The molecule has 1 aromatic heterocycles. The summed E-state index contributed by atoms with van der Waals surface area (Å²) in [6.45, 7) is 6.59. The van der Waals surface area contributed by atoms with Gasteiger partial charge >= 0.3 is 0 Å². The predicted molar refractivity (Wildman–Crippen MR) is 95.8 cm³/mol. The van der Waals surface area contributed by atoms with E-state index in [2.05, 4.69) is 23.4 Å². The highest BCUT2D eigenvalue weighted by Gasteiger charge is 2.44. The largest absolute Gasteiger partial charge is 0.363 e. The summed E-state index contributed by atoms with van der Waals surface area (Å²) in [5, 5.41) is 0. The molecule has 138 valence electrons. The topological polar surface area (TPSA) is 47.4 Å². The van der Waals surface area contributed by atoms with Crippen LogP contribution in [0.3, 0.4) is 0 Å². The predicted octanol–water partition coefficient (Wildman–Crippen LogP) is 3.24. The second-order valence-electron chi connectivity index (χ2n) is 7.79. The number of carbonyl (C=O) groups is 1. The fourth-order valence-corrected chi connectivity index (χ4v) is 3.89. The van der Waals surface area contributed by atoms with Gasteiger partial charge in [-0.25, -0.2) is 9.37 Å². The average molecular weight is 357 g/mol. The third-order valence-corrected chi connectivity index (χ3v) is 5.28. The van der Waals surface area contributed by atoms with Crippen molar-refractivity contribution in [1.29, 1.82) is 0 Å². The molecule has 0 saturated carbocycles. The van der Waals surface area contributed by atoms with E-state index in [-0.39, 0.29) is 17.3 Å². The summed E-state index contributed by atoms with van der Waals surface area (Å²) in [5.41, 5.74) is 1.55. The molecule has 1 aromatic carbocycles. The quantitative estimate of drug-likeness (QED) is 0.847. The number of ether oxygens (including phenoxy) is 1. The molecule has 4 rings (SSSR count). The Morgan fingerprint density at radius 2 is 2.08 bits per heavy atom. The van der Waals surface area contributed by atoms with Crippen molar-refractivity contribution >= 4 is 5.91 Å². The molecule has 2 aliphatic heterocycles. The molecule has 2 aromatic rings. The molecular weight excluding hydrogens is 333 g/mol. The highest BCUT2D eigenvalue weighted by Crippen LogP contribution is 2.35. The SMILES string of the molecule is CC(C)CC(=O)N1CC[C@]2(C1)Cn1c(-c3ccc(F)cc3)cnc1CO2. The highest BCUT2D eigenvalue weighted by molar-refractivity contribution is 5.76. The van der Waals surface area contributed by atoms with Crippen molar-refractivity contribution < 1.29 is 13.9 Å². The Kier molecular flexibility index (Phi) is 4.31.